The highest BCUT2D eigenvalue weighted by molar-refractivity contribution is 5.65. The van der Waals surface area contributed by atoms with Gasteiger partial charge in [0.15, 0.2) is 23.2 Å². The average molecular weight is 282 g/mol. The molecule has 0 saturated carbocycles. The molecule has 0 spiro atoms. The molecule has 0 aliphatic rings. The summed E-state index contributed by atoms with van der Waals surface area (Å²) in [5, 5.41) is 8.86. The Morgan fingerprint density at radius 3 is 2.40 bits per heavy atom. The summed E-state index contributed by atoms with van der Waals surface area (Å²) < 4.78 is 46.2. The summed E-state index contributed by atoms with van der Waals surface area (Å²) in [6.45, 7) is 1.43. The van der Waals surface area contributed by atoms with Gasteiger partial charge in [-0.25, -0.2) is 13.2 Å². The summed E-state index contributed by atoms with van der Waals surface area (Å²) in [5.74, 6) is -2.82. The fraction of sp³-hybridized carbons (Fsp3) is 0.200. The number of aliphatic hydroxyl groups is 1. The van der Waals surface area contributed by atoms with E-state index in [0.717, 1.165) is 6.07 Å². The van der Waals surface area contributed by atoms with E-state index in [0.29, 0.717) is 6.61 Å². The van der Waals surface area contributed by atoms with Crippen molar-refractivity contribution < 1.29 is 23.0 Å². The predicted octanol–water partition coefficient (Wildman–Crippen LogP) is 3.66. The van der Waals surface area contributed by atoms with Crippen molar-refractivity contribution in [2.24, 2.45) is 0 Å². The molecule has 5 heteroatoms. The number of benzene rings is 2. The fourth-order valence-electron chi connectivity index (χ4n) is 1.88. The van der Waals surface area contributed by atoms with Crippen LogP contribution in [0.4, 0.5) is 13.2 Å². The lowest BCUT2D eigenvalue weighted by atomic mass is 10.0. The molecule has 106 valence electrons. The van der Waals surface area contributed by atoms with Crippen molar-refractivity contribution in [3.8, 4) is 16.9 Å². The van der Waals surface area contributed by atoms with Crippen LogP contribution in [0.1, 0.15) is 12.5 Å². The minimum absolute atomic E-state index is 0.0594. The molecule has 0 radical (unpaired) electrons. The second kappa shape index (κ2) is 5.96. The summed E-state index contributed by atoms with van der Waals surface area (Å²) in [6, 6.07) is 6.47. The second-order valence-electron chi connectivity index (χ2n) is 4.14. The SMILES string of the molecule is CCOc1ccc(-c2ccc(CO)c(F)c2F)cc1F. The molecule has 0 aliphatic carbocycles. The lowest BCUT2D eigenvalue weighted by Gasteiger charge is -2.09. The Labute approximate surface area is 114 Å². The van der Waals surface area contributed by atoms with E-state index < -0.39 is 24.1 Å². The molecule has 20 heavy (non-hydrogen) atoms. The highest BCUT2D eigenvalue weighted by Crippen LogP contribution is 2.29. The number of hydrogen-bond acceptors (Lipinski definition) is 2. The van der Waals surface area contributed by atoms with E-state index in [4.69, 9.17) is 9.84 Å². The van der Waals surface area contributed by atoms with Gasteiger partial charge in [0.1, 0.15) is 0 Å². The predicted molar refractivity (Wildman–Crippen MR) is 68.8 cm³/mol. The van der Waals surface area contributed by atoms with Gasteiger partial charge in [0.2, 0.25) is 0 Å². The molecule has 0 aliphatic heterocycles. The zero-order valence-electron chi connectivity index (χ0n) is 10.8. The van der Waals surface area contributed by atoms with Gasteiger partial charge in [-0.3, -0.25) is 0 Å². The molecule has 0 bridgehead atoms. The summed E-state index contributed by atoms with van der Waals surface area (Å²) in [7, 11) is 0. The molecule has 0 atom stereocenters. The van der Waals surface area contributed by atoms with Gasteiger partial charge in [-0.15, -0.1) is 0 Å². The fourth-order valence-corrected chi connectivity index (χ4v) is 1.88. The van der Waals surface area contributed by atoms with Gasteiger partial charge in [-0.2, -0.15) is 0 Å². The zero-order valence-corrected chi connectivity index (χ0v) is 10.8. The normalized spacial score (nSPS) is 10.7. The number of halogens is 3. The molecule has 2 aromatic carbocycles. The minimum atomic E-state index is -1.13. The minimum Gasteiger partial charge on any atom is -0.491 e. The van der Waals surface area contributed by atoms with Crippen molar-refractivity contribution >= 4 is 0 Å². The first kappa shape index (κ1) is 14.4. The molecule has 0 aromatic heterocycles. The Morgan fingerprint density at radius 1 is 1.05 bits per heavy atom. The number of aliphatic hydroxyl groups excluding tert-OH is 1. The Hall–Kier alpha value is -2.01. The molecular weight excluding hydrogens is 269 g/mol. The van der Waals surface area contributed by atoms with E-state index in [-0.39, 0.29) is 22.4 Å². The molecule has 0 unspecified atom stereocenters. The third-order valence-corrected chi connectivity index (χ3v) is 2.88. The van der Waals surface area contributed by atoms with Crippen LogP contribution in [0.25, 0.3) is 11.1 Å². The van der Waals surface area contributed by atoms with Gasteiger partial charge in [-0.1, -0.05) is 18.2 Å². The largest absolute Gasteiger partial charge is 0.491 e. The van der Waals surface area contributed by atoms with Gasteiger partial charge < -0.3 is 9.84 Å². The Balaban J connectivity index is 2.47. The van der Waals surface area contributed by atoms with Crippen LogP contribution in [0.2, 0.25) is 0 Å². The molecule has 2 nitrogen and oxygen atoms in total. The third-order valence-electron chi connectivity index (χ3n) is 2.88. The average Bonchev–Trinajstić information content (AvgIpc) is 2.44. The van der Waals surface area contributed by atoms with Gasteiger partial charge >= 0.3 is 0 Å². The number of ether oxygens (including phenoxy) is 1. The van der Waals surface area contributed by atoms with Crippen molar-refractivity contribution in [1.29, 1.82) is 0 Å². The monoisotopic (exact) mass is 282 g/mol. The van der Waals surface area contributed by atoms with Crippen molar-refractivity contribution in [2.45, 2.75) is 13.5 Å². The van der Waals surface area contributed by atoms with Gasteiger partial charge in [-0.05, 0) is 24.6 Å². The van der Waals surface area contributed by atoms with Crippen molar-refractivity contribution in [1.82, 2.24) is 0 Å². The first-order valence-corrected chi connectivity index (χ1v) is 6.09. The number of rotatable bonds is 4. The maximum absolute atomic E-state index is 13.9. The van der Waals surface area contributed by atoms with E-state index in [1.165, 1.54) is 24.3 Å². The first-order valence-electron chi connectivity index (χ1n) is 6.09. The molecule has 0 saturated heterocycles. The Morgan fingerprint density at radius 2 is 1.80 bits per heavy atom. The molecule has 0 amide bonds. The van der Waals surface area contributed by atoms with Crippen LogP contribution in [0.5, 0.6) is 5.75 Å². The van der Waals surface area contributed by atoms with E-state index in [9.17, 15) is 13.2 Å². The van der Waals surface area contributed by atoms with Crippen LogP contribution >= 0.6 is 0 Å². The molecule has 2 aromatic rings. The van der Waals surface area contributed by atoms with Crippen LogP contribution in [-0.4, -0.2) is 11.7 Å². The standard InChI is InChI=1S/C15H13F3O2/c1-2-20-13-6-4-9(7-12(13)16)11-5-3-10(8-19)14(17)15(11)18/h3-7,19H,2,8H2,1H3. The summed E-state index contributed by atoms with van der Waals surface area (Å²) >= 11 is 0. The maximum Gasteiger partial charge on any atom is 0.167 e. The quantitative estimate of drug-likeness (QED) is 0.927. The maximum atomic E-state index is 13.9. The highest BCUT2D eigenvalue weighted by Gasteiger charge is 2.15. The van der Waals surface area contributed by atoms with Crippen LogP contribution in [-0.2, 0) is 6.61 Å². The summed E-state index contributed by atoms with van der Waals surface area (Å²) in [6.07, 6.45) is 0. The van der Waals surface area contributed by atoms with Crippen LogP contribution in [0.3, 0.4) is 0 Å². The zero-order chi connectivity index (χ0) is 14.7. The first-order chi connectivity index (χ1) is 9.58. The lowest BCUT2D eigenvalue weighted by Crippen LogP contribution is -1.98. The van der Waals surface area contributed by atoms with E-state index in [1.807, 2.05) is 0 Å². The van der Waals surface area contributed by atoms with Crippen molar-refractivity contribution in [2.75, 3.05) is 6.61 Å². The second-order valence-corrected chi connectivity index (χ2v) is 4.14. The molecule has 1 N–H and O–H groups in total. The topological polar surface area (TPSA) is 29.5 Å². The molecular formula is C15H13F3O2. The van der Waals surface area contributed by atoms with Crippen LogP contribution < -0.4 is 4.74 Å². The summed E-state index contributed by atoms with van der Waals surface area (Å²) in [5.41, 5.74) is -0.00819. The van der Waals surface area contributed by atoms with E-state index in [1.54, 1.807) is 6.92 Å². The van der Waals surface area contributed by atoms with E-state index in [2.05, 4.69) is 0 Å². The van der Waals surface area contributed by atoms with Gasteiger partial charge in [0.25, 0.3) is 0 Å². The smallest absolute Gasteiger partial charge is 0.167 e. The Kier molecular flexibility index (Phi) is 4.29. The summed E-state index contributed by atoms with van der Waals surface area (Å²) in [4.78, 5) is 0. The molecule has 0 fully saturated rings. The highest BCUT2D eigenvalue weighted by atomic mass is 19.2. The molecule has 0 heterocycles. The van der Waals surface area contributed by atoms with Crippen LogP contribution in [0, 0.1) is 17.5 Å². The van der Waals surface area contributed by atoms with Crippen molar-refractivity contribution in [3.05, 3.63) is 53.3 Å². The molecule has 2 rings (SSSR count). The van der Waals surface area contributed by atoms with E-state index >= 15 is 0 Å². The van der Waals surface area contributed by atoms with Gasteiger partial charge in [0, 0.05) is 11.1 Å². The number of hydrogen-bond donors (Lipinski definition) is 1. The van der Waals surface area contributed by atoms with Crippen molar-refractivity contribution in [3.63, 3.8) is 0 Å². The Bertz CT molecular complexity index is 627. The van der Waals surface area contributed by atoms with Crippen LogP contribution in [0.15, 0.2) is 30.3 Å². The van der Waals surface area contributed by atoms with Gasteiger partial charge in [0.05, 0.1) is 13.2 Å². The lowest BCUT2D eigenvalue weighted by molar-refractivity contribution is 0.273. The third kappa shape index (κ3) is 2.63.